The zero-order valence-corrected chi connectivity index (χ0v) is 10.2. The van der Waals surface area contributed by atoms with Crippen LogP contribution < -0.4 is 5.32 Å². The third-order valence-electron chi connectivity index (χ3n) is 2.93. The van der Waals surface area contributed by atoms with Crippen molar-refractivity contribution in [2.45, 2.75) is 38.6 Å². The average Bonchev–Trinajstić information content (AvgIpc) is 2.26. The van der Waals surface area contributed by atoms with Crippen LogP contribution in [0.2, 0.25) is 0 Å². The normalized spacial score (nSPS) is 19.8. The Morgan fingerprint density at radius 3 is 2.47 bits per heavy atom. The van der Waals surface area contributed by atoms with Crippen molar-refractivity contribution in [3.05, 3.63) is 0 Å². The summed E-state index contributed by atoms with van der Waals surface area (Å²) in [7, 11) is 0. The summed E-state index contributed by atoms with van der Waals surface area (Å²) in [6.07, 6.45) is -1.35. The number of rotatable bonds is 6. The Labute approximate surface area is 100 Å². The molecule has 1 aliphatic rings. The zero-order chi connectivity index (χ0) is 12.7. The molecule has 1 saturated heterocycles. The Morgan fingerprint density at radius 2 is 1.94 bits per heavy atom. The fourth-order valence-electron chi connectivity index (χ4n) is 2.11. The van der Waals surface area contributed by atoms with Crippen molar-refractivity contribution in [3.63, 3.8) is 0 Å². The van der Waals surface area contributed by atoms with Crippen LogP contribution >= 0.6 is 0 Å². The van der Waals surface area contributed by atoms with E-state index in [0.29, 0.717) is 6.04 Å². The molecule has 0 amide bonds. The first kappa shape index (κ1) is 14.7. The molecule has 1 fully saturated rings. The molecule has 0 radical (unpaired) electrons. The summed E-state index contributed by atoms with van der Waals surface area (Å²) < 4.78 is 38.8. The summed E-state index contributed by atoms with van der Waals surface area (Å²) in [5, 5.41) is 3.11. The second-order valence-electron chi connectivity index (χ2n) is 4.36. The zero-order valence-electron chi connectivity index (χ0n) is 10.2. The quantitative estimate of drug-likeness (QED) is 0.734. The molecule has 6 heteroatoms. The lowest BCUT2D eigenvalue weighted by molar-refractivity contribution is -0.323. The van der Waals surface area contributed by atoms with Crippen LogP contribution in [-0.4, -0.2) is 50.1 Å². The lowest BCUT2D eigenvalue weighted by Crippen LogP contribution is -2.43. The van der Waals surface area contributed by atoms with Gasteiger partial charge in [0.15, 0.2) is 0 Å². The highest BCUT2D eigenvalue weighted by Crippen LogP contribution is 2.15. The van der Waals surface area contributed by atoms with E-state index < -0.39 is 6.36 Å². The van der Waals surface area contributed by atoms with Crippen LogP contribution in [0, 0.1) is 0 Å². The molecule has 1 aliphatic heterocycles. The van der Waals surface area contributed by atoms with Gasteiger partial charge in [0.1, 0.15) is 0 Å². The van der Waals surface area contributed by atoms with Crippen LogP contribution in [0.3, 0.4) is 0 Å². The van der Waals surface area contributed by atoms with Crippen LogP contribution in [0.4, 0.5) is 13.2 Å². The van der Waals surface area contributed by atoms with Crippen molar-refractivity contribution in [1.29, 1.82) is 0 Å². The molecule has 0 unspecified atom stereocenters. The molecule has 0 spiro atoms. The molecule has 3 nitrogen and oxygen atoms in total. The van der Waals surface area contributed by atoms with Crippen molar-refractivity contribution in [1.82, 2.24) is 10.2 Å². The molecule has 0 aromatic carbocycles. The van der Waals surface area contributed by atoms with Gasteiger partial charge in [-0.15, -0.1) is 13.2 Å². The Hall–Kier alpha value is -0.330. The minimum atomic E-state index is -4.51. The summed E-state index contributed by atoms with van der Waals surface area (Å²) in [5.41, 5.74) is 0. The first-order valence-electron chi connectivity index (χ1n) is 6.17. The molecule has 1 rings (SSSR count). The van der Waals surface area contributed by atoms with Crippen molar-refractivity contribution in [2.75, 3.05) is 32.8 Å². The number of nitrogens with one attached hydrogen (secondary N) is 1. The maximum Gasteiger partial charge on any atom is 0.522 e. The Balaban J connectivity index is 2.02. The molecule has 102 valence electrons. The fraction of sp³-hybridized carbons (Fsp3) is 1.00. The number of halogens is 3. The van der Waals surface area contributed by atoms with Gasteiger partial charge in [-0.1, -0.05) is 6.92 Å². The van der Waals surface area contributed by atoms with Crippen molar-refractivity contribution in [2.24, 2.45) is 0 Å². The Bertz CT molecular complexity index is 203. The number of ether oxygens (including phenoxy) is 1. The number of hydrogen-bond donors (Lipinski definition) is 1. The molecule has 0 atom stereocenters. The van der Waals surface area contributed by atoms with Gasteiger partial charge in [0.25, 0.3) is 0 Å². The van der Waals surface area contributed by atoms with Gasteiger partial charge >= 0.3 is 6.36 Å². The Kier molecular flexibility index (Phi) is 6.22. The lowest BCUT2D eigenvalue weighted by Gasteiger charge is -2.32. The summed E-state index contributed by atoms with van der Waals surface area (Å²) in [5.74, 6) is 0. The van der Waals surface area contributed by atoms with Crippen LogP contribution in [0.1, 0.15) is 26.2 Å². The highest BCUT2D eigenvalue weighted by Gasteiger charge is 2.28. The summed E-state index contributed by atoms with van der Waals surface area (Å²) in [6.45, 7) is 5.29. The molecular formula is C11H21F3N2O. The first-order chi connectivity index (χ1) is 8.01. The van der Waals surface area contributed by atoms with Gasteiger partial charge in [0, 0.05) is 12.6 Å². The van der Waals surface area contributed by atoms with Crippen LogP contribution in [0.15, 0.2) is 0 Å². The van der Waals surface area contributed by atoms with E-state index in [-0.39, 0.29) is 13.2 Å². The number of alkyl halides is 3. The van der Waals surface area contributed by atoms with Crippen LogP contribution in [-0.2, 0) is 4.74 Å². The van der Waals surface area contributed by atoms with Gasteiger partial charge < -0.3 is 10.2 Å². The van der Waals surface area contributed by atoms with Crippen LogP contribution in [0.25, 0.3) is 0 Å². The van der Waals surface area contributed by atoms with E-state index in [4.69, 9.17) is 0 Å². The molecule has 0 saturated carbocycles. The van der Waals surface area contributed by atoms with Gasteiger partial charge in [-0.2, -0.15) is 0 Å². The topological polar surface area (TPSA) is 24.5 Å². The lowest BCUT2D eigenvalue weighted by atomic mass is 10.1. The maximum absolute atomic E-state index is 11.7. The van der Waals surface area contributed by atoms with Crippen molar-refractivity contribution in [3.8, 4) is 0 Å². The first-order valence-corrected chi connectivity index (χ1v) is 6.17. The monoisotopic (exact) mass is 254 g/mol. The van der Waals surface area contributed by atoms with E-state index in [9.17, 15) is 13.2 Å². The number of likely N-dealkylation sites (tertiary alicyclic amines) is 1. The minimum absolute atomic E-state index is 0.262. The summed E-state index contributed by atoms with van der Waals surface area (Å²) in [4.78, 5) is 2.39. The summed E-state index contributed by atoms with van der Waals surface area (Å²) >= 11 is 0. The standard InChI is InChI=1S/C11H21F3N2O/c1-2-6-16-7-3-10(4-8-16)15-5-9-17-11(12,13)14/h10,15H,2-9H2,1H3. The van der Waals surface area contributed by atoms with E-state index in [1.165, 1.54) is 0 Å². The Morgan fingerprint density at radius 1 is 1.29 bits per heavy atom. The van der Waals surface area contributed by atoms with Gasteiger partial charge in [0.05, 0.1) is 6.61 Å². The molecular weight excluding hydrogens is 233 g/mol. The van der Waals surface area contributed by atoms with E-state index in [0.717, 1.165) is 38.9 Å². The molecule has 1 N–H and O–H groups in total. The van der Waals surface area contributed by atoms with E-state index in [2.05, 4.69) is 21.9 Å². The fourth-order valence-corrected chi connectivity index (χ4v) is 2.11. The molecule has 17 heavy (non-hydrogen) atoms. The number of piperidine rings is 1. The van der Waals surface area contributed by atoms with Gasteiger partial charge in [-0.25, -0.2) is 0 Å². The SMILES string of the molecule is CCCN1CCC(NCCOC(F)(F)F)CC1. The van der Waals surface area contributed by atoms with Gasteiger partial charge in [-0.05, 0) is 38.9 Å². The van der Waals surface area contributed by atoms with Gasteiger partial charge in [-0.3, -0.25) is 4.74 Å². The third kappa shape index (κ3) is 6.85. The third-order valence-corrected chi connectivity index (χ3v) is 2.93. The van der Waals surface area contributed by atoms with E-state index in [1.807, 2.05) is 0 Å². The average molecular weight is 254 g/mol. The molecule has 0 aromatic rings. The molecule has 0 aliphatic carbocycles. The van der Waals surface area contributed by atoms with Crippen molar-refractivity contribution >= 4 is 0 Å². The predicted octanol–water partition coefficient (Wildman–Crippen LogP) is 1.99. The largest absolute Gasteiger partial charge is 0.522 e. The van der Waals surface area contributed by atoms with E-state index >= 15 is 0 Å². The number of hydrogen-bond acceptors (Lipinski definition) is 3. The smallest absolute Gasteiger partial charge is 0.312 e. The molecule has 0 aromatic heterocycles. The molecule has 0 bridgehead atoms. The van der Waals surface area contributed by atoms with E-state index in [1.54, 1.807) is 0 Å². The summed E-state index contributed by atoms with van der Waals surface area (Å²) in [6, 6.07) is 0.333. The van der Waals surface area contributed by atoms with Crippen LogP contribution in [0.5, 0.6) is 0 Å². The number of nitrogens with zero attached hydrogens (tertiary/aromatic N) is 1. The van der Waals surface area contributed by atoms with Gasteiger partial charge in [0.2, 0.25) is 0 Å². The highest BCUT2D eigenvalue weighted by molar-refractivity contribution is 4.76. The predicted molar refractivity (Wildman–Crippen MR) is 59.8 cm³/mol. The second-order valence-corrected chi connectivity index (χ2v) is 4.36. The van der Waals surface area contributed by atoms with Crippen molar-refractivity contribution < 1.29 is 17.9 Å². The maximum atomic E-state index is 11.7. The second kappa shape index (κ2) is 7.18. The highest BCUT2D eigenvalue weighted by atomic mass is 19.4. The minimum Gasteiger partial charge on any atom is -0.312 e. The molecule has 1 heterocycles.